The number of hydrazone groups is 1. The molecular weight excluding hydrogens is 396 g/mol. The number of ether oxygens (including phenoxy) is 1. The van der Waals surface area contributed by atoms with Crippen LogP contribution < -0.4 is 15.5 Å². The Morgan fingerprint density at radius 1 is 1.14 bits per heavy atom. The Bertz CT molecular complexity index is 1000. The number of para-hydroxylation sites is 1. The van der Waals surface area contributed by atoms with Crippen molar-refractivity contribution in [3.05, 3.63) is 54.1 Å². The van der Waals surface area contributed by atoms with E-state index in [9.17, 15) is 18.0 Å². The molecule has 29 heavy (non-hydrogen) atoms. The molecule has 10 heteroatoms. The minimum Gasteiger partial charge on any atom is -0.496 e. The van der Waals surface area contributed by atoms with Gasteiger partial charge in [0.15, 0.2) is 0 Å². The highest BCUT2D eigenvalue weighted by Gasteiger charge is 2.22. The van der Waals surface area contributed by atoms with Crippen LogP contribution in [0.1, 0.15) is 12.5 Å². The third-order valence-corrected chi connectivity index (χ3v) is 5.60. The zero-order chi connectivity index (χ0) is 21.4. The van der Waals surface area contributed by atoms with Crippen LogP contribution >= 0.6 is 0 Å². The number of hydrogen-bond donors (Lipinski definition) is 2. The van der Waals surface area contributed by atoms with Crippen LogP contribution in [-0.4, -0.2) is 51.5 Å². The smallest absolute Gasteiger partial charge is 0.255 e. The molecule has 0 fully saturated rings. The molecule has 2 N–H and O–H groups in total. The van der Waals surface area contributed by atoms with Gasteiger partial charge in [-0.2, -0.15) is 9.41 Å². The number of likely N-dealkylation sites (N-methyl/N-ethyl adjacent to an activating group) is 1. The predicted octanol–water partition coefficient (Wildman–Crippen LogP) is 1.42. The number of sulfonamides is 1. The van der Waals surface area contributed by atoms with E-state index in [1.54, 1.807) is 24.3 Å². The van der Waals surface area contributed by atoms with Gasteiger partial charge < -0.3 is 10.1 Å². The van der Waals surface area contributed by atoms with Gasteiger partial charge in [-0.3, -0.25) is 9.59 Å². The Morgan fingerprint density at radius 2 is 1.79 bits per heavy atom. The van der Waals surface area contributed by atoms with E-state index < -0.39 is 22.5 Å². The molecule has 0 saturated heterocycles. The normalized spacial score (nSPS) is 11.4. The van der Waals surface area contributed by atoms with Crippen molar-refractivity contribution >= 4 is 33.7 Å². The summed E-state index contributed by atoms with van der Waals surface area (Å²) in [5.41, 5.74) is 3.43. The number of nitrogens with one attached hydrogen (secondary N) is 2. The zero-order valence-electron chi connectivity index (χ0n) is 16.2. The number of benzene rings is 2. The van der Waals surface area contributed by atoms with Gasteiger partial charge in [0.1, 0.15) is 5.75 Å². The number of hydrogen-bond acceptors (Lipinski definition) is 6. The topological polar surface area (TPSA) is 117 Å². The maximum Gasteiger partial charge on any atom is 0.255 e. The second-order valence-electron chi connectivity index (χ2n) is 6.00. The van der Waals surface area contributed by atoms with E-state index >= 15 is 0 Å². The van der Waals surface area contributed by atoms with E-state index in [0.29, 0.717) is 17.0 Å². The van der Waals surface area contributed by atoms with Crippen molar-refractivity contribution < 1.29 is 22.7 Å². The van der Waals surface area contributed by atoms with Crippen LogP contribution in [0.15, 0.2) is 58.5 Å². The summed E-state index contributed by atoms with van der Waals surface area (Å²) in [6.07, 6.45) is 1.41. The molecular formula is C19H22N4O5S. The van der Waals surface area contributed by atoms with Crippen molar-refractivity contribution in [3.8, 4) is 5.75 Å². The molecule has 2 aromatic carbocycles. The molecule has 0 atom stereocenters. The van der Waals surface area contributed by atoms with Gasteiger partial charge >= 0.3 is 0 Å². The van der Waals surface area contributed by atoms with E-state index in [-0.39, 0.29) is 10.8 Å². The first-order valence-corrected chi connectivity index (χ1v) is 9.97. The van der Waals surface area contributed by atoms with Crippen molar-refractivity contribution in [1.29, 1.82) is 0 Å². The standard InChI is InChI=1S/C19H22N4O5S/c1-14(24)21-16-8-10-17(11-9-16)29(26,27)23(2)13-19(25)22-20-12-15-6-4-5-7-18(15)28-3/h4-12H,13H2,1-3H3,(H,21,24)(H,22,25)/b20-12-. The van der Waals surface area contributed by atoms with E-state index in [1.807, 2.05) is 0 Å². The number of carbonyl (C=O) groups is 2. The van der Waals surface area contributed by atoms with Crippen molar-refractivity contribution in [2.45, 2.75) is 11.8 Å². The summed E-state index contributed by atoms with van der Waals surface area (Å²) >= 11 is 0. The molecule has 0 heterocycles. The van der Waals surface area contributed by atoms with Crippen molar-refractivity contribution in [3.63, 3.8) is 0 Å². The largest absolute Gasteiger partial charge is 0.496 e. The summed E-state index contributed by atoms with van der Waals surface area (Å²) in [6.45, 7) is 0.937. The summed E-state index contributed by atoms with van der Waals surface area (Å²) in [5.74, 6) is -0.270. The molecule has 2 amide bonds. The highest BCUT2D eigenvalue weighted by Crippen LogP contribution is 2.17. The molecule has 0 aliphatic heterocycles. The lowest BCUT2D eigenvalue weighted by atomic mass is 10.2. The van der Waals surface area contributed by atoms with E-state index in [0.717, 1.165) is 4.31 Å². The van der Waals surface area contributed by atoms with Crippen LogP contribution in [0.2, 0.25) is 0 Å². The van der Waals surface area contributed by atoms with Crippen LogP contribution in [-0.2, 0) is 19.6 Å². The molecule has 0 aromatic heterocycles. The van der Waals surface area contributed by atoms with Crippen LogP contribution in [0.4, 0.5) is 5.69 Å². The number of rotatable bonds is 8. The van der Waals surface area contributed by atoms with Gasteiger partial charge in [-0.25, -0.2) is 13.8 Å². The highest BCUT2D eigenvalue weighted by molar-refractivity contribution is 7.89. The van der Waals surface area contributed by atoms with E-state index in [1.165, 1.54) is 51.6 Å². The van der Waals surface area contributed by atoms with Crippen molar-refractivity contribution in [2.75, 3.05) is 26.0 Å². The van der Waals surface area contributed by atoms with Gasteiger partial charge in [0.25, 0.3) is 5.91 Å². The molecule has 2 aromatic rings. The second-order valence-corrected chi connectivity index (χ2v) is 8.05. The Labute approximate surface area is 169 Å². The monoisotopic (exact) mass is 418 g/mol. The molecule has 0 unspecified atom stereocenters. The lowest BCUT2D eigenvalue weighted by Gasteiger charge is -2.16. The Kier molecular flexibility index (Phi) is 7.46. The molecule has 0 radical (unpaired) electrons. The van der Waals surface area contributed by atoms with Gasteiger partial charge in [0.2, 0.25) is 15.9 Å². The second kappa shape index (κ2) is 9.80. The number of methoxy groups -OCH3 is 1. The van der Waals surface area contributed by atoms with Crippen LogP contribution in [0.3, 0.4) is 0 Å². The fraction of sp³-hybridized carbons (Fsp3) is 0.211. The minimum absolute atomic E-state index is 0.000532. The first-order valence-electron chi connectivity index (χ1n) is 8.53. The molecule has 154 valence electrons. The van der Waals surface area contributed by atoms with Crippen molar-refractivity contribution in [1.82, 2.24) is 9.73 Å². The fourth-order valence-corrected chi connectivity index (χ4v) is 3.49. The molecule has 0 aliphatic carbocycles. The minimum atomic E-state index is -3.88. The maximum atomic E-state index is 12.6. The van der Waals surface area contributed by atoms with Crippen LogP contribution in [0.25, 0.3) is 0 Å². The summed E-state index contributed by atoms with van der Waals surface area (Å²) in [5, 5.41) is 6.38. The van der Waals surface area contributed by atoms with Gasteiger partial charge in [0, 0.05) is 25.2 Å². The summed E-state index contributed by atoms with van der Waals surface area (Å²) in [6, 6.07) is 12.8. The first kappa shape index (κ1) is 22.1. The van der Waals surface area contributed by atoms with Gasteiger partial charge in [-0.15, -0.1) is 0 Å². The number of amides is 2. The number of nitrogens with zero attached hydrogens (tertiary/aromatic N) is 2. The maximum absolute atomic E-state index is 12.6. The molecule has 0 bridgehead atoms. The molecule has 9 nitrogen and oxygen atoms in total. The van der Waals surface area contributed by atoms with E-state index in [4.69, 9.17) is 4.74 Å². The van der Waals surface area contributed by atoms with Crippen LogP contribution in [0, 0.1) is 0 Å². The molecule has 0 saturated carbocycles. The summed E-state index contributed by atoms with van der Waals surface area (Å²) < 4.78 is 31.3. The van der Waals surface area contributed by atoms with Gasteiger partial charge in [-0.05, 0) is 36.4 Å². The quantitative estimate of drug-likeness (QED) is 0.497. The van der Waals surface area contributed by atoms with Gasteiger partial charge in [0.05, 0.1) is 24.8 Å². The Morgan fingerprint density at radius 3 is 2.41 bits per heavy atom. The summed E-state index contributed by atoms with van der Waals surface area (Å²) in [7, 11) is -1.07. The lowest BCUT2D eigenvalue weighted by Crippen LogP contribution is -2.36. The fourth-order valence-electron chi connectivity index (χ4n) is 2.36. The summed E-state index contributed by atoms with van der Waals surface area (Å²) in [4.78, 5) is 23.1. The molecule has 0 spiro atoms. The average Bonchev–Trinajstić information content (AvgIpc) is 2.68. The molecule has 0 aliphatic rings. The predicted molar refractivity (Wildman–Crippen MR) is 109 cm³/mol. The van der Waals surface area contributed by atoms with Gasteiger partial charge in [-0.1, -0.05) is 12.1 Å². The van der Waals surface area contributed by atoms with Crippen LogP contribution in [0.5, 0.6) is 5.75 Å². The Balaban J connectivity index is 1.98. The third-order valence-electron chi connectivity index (χ3n) is 3.78. The zero-order valence-corrected chi connectivity index (χ0v) is 17.1. The lowest BCUT2D eigenvalue weighted by molar-refractivity contribution is -0.121. The third kappa shape index (κ3) is 6.13. The highest BCUT2D eigenvalue weighted by atomic mass is 32.2. The average molecular weight is 418 g/mol. The van der Waals surface area contributed by atoms with Crippen molar-refractivity contribution in [2.24, 2.45) is 5.10 Å². The first-order chi connectivity index (χ1) is 13.7. The SMILES string of the molecule is COc1ccccc1/C=N\NC(=O)CN(C)S(=O)(=O)c1ccc(NC(C)=O)cc1. The molecule has 2 rings (SSSR count). The Hall–Kier alpha value is -3.24. The number of anilines is 1. The van der Waals surface area contributed by atoms with E-state index in [2.05, 4.69) is 15.8 Å². The number of carbonyl (C=O) groups excluding carboxylic acids is 2.